The maximum atomic E-state index is 11.5. The Hall–Kier alpha value is -2.08. The fourth-order valence-corrected chi connectivity index (χ4v) is 1.57. The van der Waals surface area contributed by atoms with E-state index in [-0.39, 0.29) is 13.0 Å². The minimum absolute atomic E-state index is 0.0250. The molecule has 110 valence electrons. The number of benzene rings is 1. The Bertz CT molecular complexity index is 486. The number of aliphatic hydroxyl groups excluding tert-OH is 1. The molecule has 0 fully saturated rings. The van der Waals surface area contributed by atoms with E-state index in [0.29, 0.717) is 5.75 Å². The summed E-state index contributed by atoms with van der Waals surface area (Å²) in [5.74, 6) is -1.04. The molecule has 0 aliphatic rings. The highest BCUT2D eigenvalue weighted by molar-refractivity contribution is 5.83. The van der Waals surface area contributed by atoms with E-state index in [1.807, 2.05) is 32.0 Å². The number of carboxylic acid groups (broad SMARTS) is 1. The van der Waals surface area contributed by atoms with E-state index in [9.17, 15) is 9.59 Å². The number of aliphatic carboxylic acids is 1. The Balaban J connectivity index is 2.42. The van der Waals surface area contributed by atoms with Crippen LogP contribution >= 0.6 is 0 Å². The quantitative estimate of drug-likeness (QED) is 0.681. The van der Waals surface area contributed by atoms with Gasteiger partial charge in [-0.1, -0.05) is 12.1 Å². The summed E-state index contributed by atoms with van der Waals surface area (Å²) in [5, 5.41) is 19.7. The predicted octanol–water partition coefficient (Wildman–Crippen LogP) is 0.634. The zero-order chi connectivity index (χ0) is 15.1. The number of carbonyl (C=O) groups excluding carboxylic acids is 1. The van der Waals surface area contributed by atoms with Crippen molar-refractivity contribution >= 4 is 11.9 Å². The number of ether oxygens (including phenoxy) is 1. The molecule has 1 unspecified atom stereocenters. The van der Waals surface area contributed by atoms with Crippen LogP contribution in [0.1, 0.15) is 17.5 Å². The number of aryl methyl sites for hydroxylation is 2. The second-order valence-corrected chi connectivity index (χ2v) is 4.51. The first kappa shape index (κ1) is 16.0. The monoisotopic (exact) mass is 281 g/mol. The molecule has 0 aliphatic heterocycles. The Morgan fingerprint density at radius 3 is 2.65 bits per heavy atom. The number of carboxylic acids is 1. The lowest BCUT2D eigenvalue weighted by Crippen LogP contribution is -2.43. The highest BCUT2D eigenvalue weighted by atomic mass is 16.5. The molecular weight excluding hydrogens is 262 g/mol. The largest absolute Gasteiger partial charge is 0.493 e. The van der Waals surface area contributed by atoms with Crippen molar-refractivity contribution in [3.8, 4) is 5.75 Å². The number of rotatable bonds is 7. The van der Waals surface area contributed by atoms with Gasteiger partial charge in [0.2, 0.25) is 5.91 Å². The second-order valence-electron chi connectivity index (χ2n) is 4.51. The van der Waals surface area contributed by atoms with Crippen LogP contribution in [0.25, 0.3) is 0 Å². The fourth-order valence-electron chi connectivity index (χ4n) is 1.57. The normalized spacial score (nSPS) is 11.8. The van der Waals surface area contributed by atoms with Gasteiger partial charge in [-0.05, 0) is 31.0 Å². The third kappa shape index (κ3) is 4.89. The lowest BCUT2D eigenvalue weighted by Gasteiger charge is -2.13. The highest BCUT2D eigenvalue weighted by Crippen LogP contribution is 2.19. The number of amides is 1. The van der Waals surface area contributed by atoms with Gasteiger partial charge in [0.1, 0.15) is 11.8 Å². The van der Waals surface area contributed by atoms with Crippen LogP contribution in [0.5, 0.6) is 5.75 Å². The summed E-state index contributed by atoms with van der Waals surface area (Å²) in [6.45, 7) is 3.35. The van der Waals surface area contributed by atoms with Gasteiger partial charge < -0.3 is 20.3 Å². The summed E-state index contributed by atoms with van der Waals surface area (Å²) in [5.41, 5.74) is 2.02. The van der Waals surface area contributed by atoms with E-state index in [2.05, 4.69) is 5.32 Å². The van der Waals surface area contributed by atoms with Crippen LogP contribution in [0.3, 0.4) is 0 Å². The summed E-state index contributed by atoms with van der Waals surface area (Å²) >= 11 is 0. The van der Waals surface area contributed by atoms with E-state index in [1.165, 1.54) is 0 Å². The van der Waals surface area contributed by atoms with Crippen LogP contribution in [-0.2, 0) is 9.59 Å². The highest BCUT2D eigenvalue weighted by Gasteiger charge is 2.18. The van der Waals surface area contributed by atoms with Crippen molar-refractivity contribution in [3.05, 3.63) is 29.3 Å². The fraction of sp³-hybridized carbons (Fsp3) is 0.429. The van der Waals surface area contributed by atoms with Gasteiger partial charge in [-0.2, -0.15) is 0 Å². The molecule has 1 amide bonds. The summed E-state index contributed by atoms with van der Waals surface area (Å²) < 4.78 is 5.49. The van der Waals surface area contributed by atoms with Gasteiger partial charge >= 0.3 is 5.97 Å². The van der Waals surface area contributed by atoms with Gasteiger partial charge in [0.25, 0.3) is 0 Å². The first-order valence-corrected chi connectivity index (χ1v) is 6.27. The number of hydrogen-bond acceptors (Lipinski definition) is 4. The van der Waals surface area contributed by atoms with Crippen LogP contribution in [0, 0.1) is 13.8 Å². The molecule has 0 heterocycles. The first-order chi connectivity index (χ1) is 9.43. The number of hydrogen-bond donors (Lipinski definition) is 3. The molecule has 0 saturated carbocycles. The lowest BCUT2D eigenvalue weighted by molar-refractivity contribution is -0.143. The van der Waals surface area contributed by atoms with Gasteiger partial charge in [-0.15, -0.1) is 0 Å². The maximum Gasteiger partial charge on any atom is 0.328 e. The summed E-state index contributed by atoms with van der Waals surface area (Å²) in [6, 6.07) is 4.49. The zero-order valence-corrected chi connectivity index (χ0v) is 11.5. The third-order valence-electron chi connectivity index (χ3n) is 2.75. The molecule has 1 rings (SSSR count). The van der Waals surface area contributed by atoms with Gasteiger partial charge in [-0.25, -0.2) is 4.79 Å². The Morgan fingerprint density at radius 2 is 2.05 bits per heavy atom. The topological polar surface area (TPSA) is 95.9 Å². The van der Waals surface area contributed by atoms with E-state index < -0.39 is 24.5 Å². The number of carbonyl (C=O) groups is 2. The Kier molecular flexibility index (Phi) is 5.99. The van der Waals surface area contributed by atoms with E-state index in [0.717, 1.165) is 11.1 Å². The molecule has 0 aliphatic carbocycles. The molecule has 6 nitrogen and oxygen atoms in total. The molecule has 20 heavy (non-hydrogen) atoms. The maximum absolute atomic E-state index is 11.5. The summed E-state index contributed by atoms with van der Waals surface area (Å²) in [4.78, 5) is 22.1. The molecule has 0 bridgehead atoms. The first-order valence-electron chi connectivity index (χ1n) is 6.27. The van der Waals surface area contributed by atoms with Crippen molar-refractivity contribution in [2.24, 2.45) is 0 Å². The predicted molar refractivity (Wildman–Crippen MR) is 72.7 cm³/mol. The molecular formula is C14H19NO5. The molecule has 0 spiro atoms. The van der Waals surface area contributed by atoms with Gasteiger partial charge in [-0.3, -0.25) is 4.79 Å². The van der Waals surface area contributed by atoms with Crippen LogP contribution < -0.4 is 10.1 Å². The van der Waals surface area contributed by atoms with Gasteiger partial charge in [0, 0.05) is 0 Å². The Labute approximate surface area is 117 Å². The second kappa shape index (κ2) is 7.49. The number of aliphatic hydroxyl groups is 1. The molecule has 0 aromatic heterocycles. The van der Waals surface area contributed by atoms with E-state index in [1.54, 1.807) is 0 Å². The standard InChI is InChI=1S/C14H19NO5/c1-9-3-4-10(2)12(7-9)20-6-5-13(17)15-11(8-16)14(18)19/h3-4,7,11,16H,5-6,8H2,1-2H3,(H,15,17)(H,18,19). The van der Waals surface area contributed by atoms with Crippen molar-refractivity contribution < 1.29 is 24.5 Å². The zero-order valence-electron chi connectivity index (χ0n) is 11.5. The molecule has 1 aromatic rings. The minimum atomic E-state index is -1.27. The Morgan fingerprint density at radius 1 is 1.35 bits per heavy atom. The summed E-state index contributed by atoms with van der Waals surface area (Å²) in [6.07, 6.45) is 0.0250. The van der Waals surface area contributed by atoms with Crippen LogP contribution in [0.2, 0.25) is 0 Å². The van der Waals surface area contributed by atoms with Crippen LogP contribution in [0.4, 0.5) is 0 Å². The van der Waals surface area contributed by atoms with Crippen molar-refractivity contribution in [1.82, 2.24) is 5.32 Å². The molecule has 1 aromatic carbocycles. The molecule has 0 saturated heterocycles. The molecule has 6 heteroatoms. The van der Waals surface area contributed by atoms with E-state index in [4.69, 9.17) is 14.9 Å². The van der Waals surface area contributed by atoms with E-state index >= 15 is 0 Å². The SMILES string of the molecule is Cc1ccc(C)c(OCCC(=O)NC(CO)C(=O)O)c1. The van der Waals surface area contributed by atoms with Crippen molar-refractivity contribution in [1.29, 1.82) is 0 Å². The third-order valence-corrected chi connectivity index (χ3v) is 2.75. The van der Waals surface area contributed by atoms with Crippen LogP contribution in [-0.4, -0.2) is 41.3 Å². The average molecular weight is 281 g/mol. The average Bonchev–Trinajstić information content (AvgIpc) is 2.39. The number of nitrogens with one attached hydrogen (secondary N) is 1. The molecule has 0 radical (unpaired) electrons. The van der Waals surface area contributed by atoms with Crippen molar-refractivity contribution in [2.75, 3.05) is 13.2 Å². The molecule has 3 N–H and O–H groups in total. The smallest absolute Gasteiger partial charge is 0.328 e. The van der Waals surface area contributed by atoms with Gasteiger partial charge in [0.15, 0.2) is 0 Å². The van der Waals surface area contributed by atoms with Gasteiger partial charge in [0.05, 0.1) is 19.6 Å². The van der Waals surface area contributed by atoms with Crippen molar-refractivity contribution in [2.45, 2.75) is 26.3 Å². The summed E-state index contributed by atoms with van der Waals surface area (Å²) in [7, 11) is 0. The minimum Gasteiger partial charge on any atom is -0.493 e. The van der Waals surface area contributed by atoms with Crippen LogP contribution in [0.15, 0.2) is 18.2 Å². The van der Waals surface area contributed by atoms with Crippen molar-refractivity contribution in [3.63, 3.8) is 0 Å². The lowest BCUT2D eigenvalue weighted by atomic mass is 10.1. The molecule has 1 atom stereocenters.